The zero-order valence-corrected chi connectivity index (χ0v) is 12.4. The predicted molar refractivity (Wildman–Crippen MR) is 71.7 cm³/mol. The van der Waals surface area contributed by atoms with E-state index < -0.39 is 32.4 Å². The predicted octanol–water partition coefficient (Wildman–Crippen LogP) is 1.72. The molecule has 2 rings (SSSR count). The summed E-state index contributed by atoms with van der Waals surface area (Å²) in [7, 11) is -2.39. The number of sulfonamides is 1. The van der Waals surface area contributed by atoms with Crippen molar-refractivity contribution in [1.29, 1.82) is 0 Å². The first-order chi connectivity index (χ1) is 9.87. The summed E-state index contributed by atoms with van der Waals surface area (Å²) in [6, 6.07) is 1.39. The van der Waals surface area contributed by atoms with E-state index in [0.29, 0.717) is 19.0 Å². The van der Waals surface area contributed by atoms with Gasteiger partial charge < -0.3 is 5.32 Å². The second-order valence-corrected chi connectivity index (χ2v) is 7.01. The number of halogens is 3. The lowest BCUT2D eigenvalue weighted by molar-refractivity contribution is 0.262. The Morgan fingerprint density at radius 2 is 2.00 bits per heavy atom. The van der Waals surface area contributed by atoms with Gasteiger partial charge in [-0.15, -0.1) is 0 Å². The van der Waals surface area contributed by atoms with Crippen LogP contribution in [0.4, 0.5) is 13.2 Å². The first kappa shape index (κ1) is 16.3. The van der Waals surface area contributed by atoms with Crippen LogP contribution in [0.5, 0.6) is 0 Å². The van der Waals surface area contributed by atoms with Gasteiger partial charge in [-0.05, 0) is 44.5 Å². The van der Waals surface area contributed by atoms with Crippen molar-refractivity contribution < 1.29 is 21.6 Å². The van der Waals surface area contributed by atoms with Gasteiger partial charge in [-0.3, -0.25) is 0 Å². The summed E-state index contributed by atoms with van der Waals surface area (Å²) in [6.07, 6.45) is 1.52. The first-order valence-corrected chi connectivity index (χ1v) is 8.10. The molecule has 1 aliphatic heterocycles. The van der Waals surface area contributed by atoms with Crippen molar-refractivity contribution >= 4 is 10.0 Å². The molecule has 1 aromatic carbocycles. The van der Waals surface area contributed by atoms with Gasteiger partial charge in [-0.2, -0.15) is 4.31 Å². The fourth-order valence-corrected chi connectivity index (χ4v) is 4.16. The molecule has 4 nitrogen and oxygen atoms in total. The normalized spacial score (nSPS) is 20.7. The second kappa shape index (κ2) is 6.33. The average molecular weight is 322 g/mol. The van der Waals surface area contributed by atoms with Crippen LogP contribution in [0.2, 0.25) is 0 Å². The Balaban J connectivity index is 2.32. The summed E-state index contributed by atoms with van der Waals surface area (Å²) in [5.41, 5.74) is 0. The molecule has 21 heavy (non-hydrogen) atoms. The van der Waals surface area contributed by atoms with Gasteiger partial charge in [0.25, 0.3) is 0 Å². The van der Waals surface area contributed by atoms with Crippen molar-refractivity contribution in [2.75, 3.05) is 26.7 Å². The smallest absolute Gasteiger partial charge is 0.246 e. The van der Waals surface area contributed by atoms with Crippen molar-refractivity contribution in [3.8, 4) is 0 Å². The molecular weight excluding hydrogens is 305 g/mol. The highest BCUT2D eigenvalue weighted by Gasteiger charge is 2.33. The van der Waals surface area contributed by atoms with E-state index in [0.717, 1.165) is 16.8 Å². The molecule has 1 N–H and O–H groups in total. The molecule has 0 aromatic heterocycles. The van der Waals surface area contributed by atoms with Gasteiger partial charge in [0.05, 0.1) is 0 Å². The summed E-state index contributed by atoms with van der Waals surface area (Å²) in [4.78, 5) is -0.813. The Hall–Kier alpha value is -1.12. The van der Waals surface area contributed by atoms with E-state index in [1.54, 1.807) is 7.05 Å². The van der Waals surface area contributed by atoms with Gasteiger partial charge in [0.1, 0.15) is 4.90 Å². The van der Waals surface area contributed by atoms with Crippen LogP contribution in [-0.2, 0) is 10.0 Å². The average Bonchev–Trinajstić information content (AvgIpc) is 2.45. The Labute approximate surface area is 122 Å². The van der Waals surface area contributed by atoms with Crippen LogP contribution in [0.25, 0.3) is 0 Å². The quantitative estimate of drug-likeness (QED) is 0.859. The van der Waals surface area contributed by atoms with Crippen molar-refractivity contribution in [2.45, 2.75) is 17.7 Å². The number of nitrogens with one attached hydrogen (secondary N) is 1. The molecule has 1 fully saturated rings. The minimum absolute atomic E-state index is 0.117. The lowest BCUT2D eigenvalue weighted by atomic mass is 10.00. The molecule has 118 valence electrons. The molecule has 0 amide bonds. The molecule has 1 aliphatic rings. The summed E-state index contributed by atoms with van der Waals surface area (Å²) < 4.78 is 65.8. The lowest BCUT2D eigenvalue weighted by Gasteiger charge is -2.31. The molecule has 1 heterocycles. The molecule has 0 radical (unpaired) electrons. The fraction of sp³-hybridized carbons (Fsp3) is 0.538. The third-order valence-corrected chi connectivity index (χ3v) is 5.47. The minimum Gasteiger partial charge on any atom is -0.319 e. The number of hydrogen-bond acceptors (Lipinski definition) is 3. The molecule has 1 aromatic rings. The van der Waals surface area contributed by atoms with Crippen molar-refractivity contribution in [3.63, 3.8) is 0 Å². The van der Waals surface area contributed by atoms with E-state index in [-0.39, 0.29) is 19.0 Å². The molecule has 0 saturated carbocycles. The van der Waals surface area contributed by atoms with Gasteiger partial charge in [-0.1, -0.05) is 0 Å². The maximum atomic E-state index is 13.7. The molecule has 1 atom stereocenters. The zero-order valence-electron chi connectivity index (χ0n) is 11.6. The number of benzene rings is 1. The Bertz CT molecular complexity index is 620. The van der Waals surface area contributed by atoms with Crippen LogP contribution in [0.1, 0.15) is 12.8 Å². The molecule has 8 heteroatoms. The van der Waals surface area contributed by atoms with E-state index >= 15 is 0 Å². The maximum absolute atomic E-state index is 13.7. The highest BCUT2D eigenvalue weighted by Crippen LogP contribution is 2.26. The number of piperidine rings is 1. The lowest BCUT2D eigenvalue weighted by Crippen LogP contribution is -2.42. The minimum atomic E-state index is -4.16. The van der Waals surface area contributed by atoms with Crippen LogP contribution >= 0.6 is 0 Å². The Morgan fingerprint density at radius 3 is 2.67 bits per heavy atom. The number of hydrogen-bond donors (Lipinski definition) is 1. The highest BCUT2D eigenvalue weighted by atomic mass is 32.2. The van der Waals surface area contributed by atoms with Crippen LogP contribution in [0.3, 0.4) is 0 Å². The molecule has 1 saturated heterocycles. The van der Waals surface area contributed by atoms with Crippen LogP contribution < -0.4 is 5.32 Å². The summed E-state index contributed by atoms with van der Waals surface area (Å²) >= 11 is 0. The largest absolute Gasteiger partial charge is 0.319 e. The van der Waals surface area contributed by atoms with Crippen LogP contribution in [0.15, 0.2) is 17.0 Å². The number of nitrogens with zero attached hydrogens (tertiary/aromatic N) is 1. The molecule has 0 spiro atoms. The third-order valence-electron chi connectivity index (χ3n) is 3.59. The van der Waals surface area contributed by atoms with Crippen LogP contribution in [0, 0.1) is 23.4 Å². The molecule has 0 bridgehead atoms. The summed E-state index contributed by atoms with van der Waals surface area (Å²) in [6.45, 7) is 1.13. The SMILES string of the molecule is CNCC1CCCN(S(=O)(=O)c2ccc(F)c(F)c2F)C1. The maximum Gasteiger partial charge on any atom is 0.246 e. The Kier molecular flexibility index (Phi) is 4.90. The topological polar surface area (TPSA) is 49.4 Å². The van der Waals surface area contributed by atoms with Gasteiger partial charge in [-0.25, -0.2) is 21.6 Å². The monoisotopic (exact) mass is 322 g/mol. The third kappa shape index (κ3) is 3.22. The van der Waals surface area contributed by atoms with E-state index in [4.69, 9.17) is 0 Å². The van der Waals surface area contributed by atoms with Gasteiger partial charge in [0, 0.05) is 13.1 Å². The Morgan fingerprint density at radius 1 is 1.29 bits per heavy atom. The molecule has 0 aliphatic carbocycles. The van der Waals surface area contributed by atoms with E-state index in [2.05, 4.69) is 5.32 Å². The number of rotatable bonds is 4. The second-order valence-electron chi connectivity index (χ2n) is 5.10. The van der Waals surface area contributed by atoms with E-state index in [9.17, 15) is 21.6 Å². The molecular formula is C13H17F3N2O2S. The zero-order chi connectivity index (χ0) is 15.6. The van der Waals surface area contributed by atoms with Crippen molar-refractivity contribution in [2.24, 2.45) is 5.92 Å². The van der Waals surface area contributed by atoms with Crippen LogP contribution in [-0.4, -0.2) is 39.4 Å². The van der Waals surface area contributed by atoms with E-state index in [1.807, 2.05) is 0 Å². The standard InChI is InChI=1S/C13H17F3N2O2S/c1-17-7-9-3-2-6-18(8-9)21(19,20)11-5-4-10(14)12(15)13(11)16/h4-5,9,17H,2-3,6-8H2,1H3. The highest BCUT2D eigenvalue weighted by molar-refractivity contribution is 7.89. The first-order valence-electron chi connectivity index (χ1n) is 6.66. The van der Waals surface area contributed by atoms with Crippen molar-refractivity contribution in [1.82, 2.24) is 9.62 Å². The fourth-order valence-electron chi connectivity index (χ4n) is 2.55. The summed E-state index contributed by atoms with van der Waals surface area (Å²) in [5.74, 6) is -4.71. The molecule has 1 unspecified atom stereocenters. The van der Waals surface area contributed by atoms with Gasteiger partial charge >= 0.3 is 0 Å². The summed E-state index contributed by atoms with van der Waals surface area (Å²) in [5, 5.41) is 2.97. The van der Waals surface area contributed by atoms with E-state index in [1.165, 1.54) is 0 Å². The van der Waals surface area contributed by atoms with Crippen molar-refractivity contribution in [3.05, 3.63) is 29.6 Å². The van der Waals surface area contributed by atoms with Gasteiger partial charge in [0.15, 0.2) is 17.5 Å². The van der Waals surface area contributed by atoms with Gasteiger partial charge in [0.2, 0.25) is 10.0 Å².